The number of benzene rings is 1. The van der Waals surface area contributed by atoms with E-state index in [-0.39, 0.29) is 0 Å². The van der Waals surface area contributed by atoms with Crippen molar-refractivity contribution in [2.24, 2.45) is 5.92 Å². The molecular weight excluding hydrogens is 288 g/mol. The summed E-state index contributed by atoms with van der Waals surface area (Å²) in [5, 5.41) is 3.41. The van der Waals surface area contributed by atoms with Gasteiger partial charge in [-0.25, -0.2) is 0 Å². The molecular formula is C19H28N2S. The predicted octanol–water partition coefficient (Wildman–Crippen LogP) is 3.62. The first kappa shape index (κ1) is 16.1. The van der Waals surface area contributed by atoms with E-state index in [0.29, 0.717) is 5.92 Å². The van der Waals surface area contributed by atoms with Crippen molar-refractivity contribution in [3.8, 4) is 0 Å². The van der Waals surface area contributed by atoms with E-state index in [1.54, 1.807) is 0 Å². The Hall–Kier alpha value is -0.770. The molecule has 1 aromatic carbocycles. The number of likely N-dealkylation sites (tertiary alicyclic amines) is 1. The molecule has 0 spiro atoms. The summed E-state index contributed by atoms with van der Waals surface area (Å²) >= 11 is 4.45. The minimum Gasteiger partial charge on any atom is -0.317 e. The van der Waals surface area contributed by atoms with Crippen LogP contribution >= 0.6 is 12.6 Å². The van der Waals surface area contributed by atoms with Crippen LogP contribution in [0.3, 0.4) is 0 Å². The monoisotopic (exact) mass is 316 g/mol. The molecule has 1 unspecified atom stereocenters. The second-order valence-electron chi connectivity index (χ2n) is 6.80. The van der Waals surface area contributed by atoms with Gasteiger partial charge in [0, 0.05) is 10.9 Å². The molecule has 3 heteroatoms. The van der Waals surface area contributed by atoms with Crippen LogP contribution in [-0.2, 0) is 6.42 Å². The molecule has 0 amide bonds. The van der Waals surface area contributed by atoms with Gasteiger partial charge >= 0.3 is 0 Å². The normalized spacial score (nSPS) is 23.5. The van der Waals surface area contributed by atoms with Gasteiger partial charge in [0.25, 0.3) is 0 Å². The third-order valence-electron chi connectivity index (χ3n) is 5.48. The standard InChI is InChI=1S/C19H28N2S/c1-14-15(3-4-16-13-18(22)5-6-19(14)16)7-10-21-11-8-17(20-2)9-12-21/h5-6,13,15,17,20,22H,1,3-4,7-12H2,2H3. The predicted molar refractivity (Wildman–Crippen MR) is 97.7 cm³/mol. The van der Waals surface area contributed by atoms with E-state index in [4.69, 9.17) is 0 Å². The van der Waals surface area contributed by atoms with Crippen molar-refractivity contribution in [1.29, 1.82) is 0 Å². The van der Waals surface area contributed by atoms with Gasteiger partial charge in [0.1, 0.15) is 0 Å². The first-order valence-electron chi connectivity index (χ1n) is 8.58. The summed E-state index contributed by atoms with van der Waals surface area (Å²) in [6.45, 7) is 8.11. The van der Waals surface area contributed by atoms with Crippen molar-refractivity contribution in [2.75, 3.05) is 26.7 Å². The molecule has 1 aliphatic carbocycles. The first-order chi connectivity index (χ1) is 10.7. The molecule has 0 bridgehead atoms. The van der Waals surface area contributed by atoms with E-state index in [1.807, 2.05) is 0 Å². The average Bonchev–Trinajstić information content (AvgIpc) is 2.54. The average molecular weight is 317 g/mol. The smallest absolute Gasteiger partial charge is 0.00884 e. The first-order valence-corrected chi connectivity index (χ1v) is 9.02. The van der Waals surface area contributed by atoms with Crippen LogP contribution in [-0.4, -0.2) is 37.6 Å². The van der Waals surface area contributed by atoms with E-state index in [2.05, 4.69) is 54.7 Å². The van der Waals surface area contributed by atoms with Crippen LogP contribution in [0.5, 0.6) is 0 Å². The second kappa shape index (κ2) is 7.20. The lowest BCUT2D eigenvalue weighted by Gasteiger charge is -2.34. The van der Waals surface area contributed by atoms with Crippen LogP contribution in [0.1, 0.15) is 36.8 Å². The minimum absolute atomic E-state index is 0.653. The molecule has 0 saturated carbocycles. The van der Waals surface area contributed by atoms with Crippen molar-refractivity contribution in [3.05, 3.63) is 35.9 Å². The largest absolute Gasteiger partial charge is 0.317 e. The van der Waals surface area contributed by atoms with E-state index in [9.17, 15) is 0 Å². The van der Waals surface area contributed by atoms with Gasteiger partial charge in [-0.3, -0.25) is 0 Å². The highest BCUT2D eigenvalue weighted by molar-refractivity contribution is 7.80. The number of hydrogen-bond donors (Lipinski definition) is 2. The molecule has 2 nitrogen and oxygen atoms in total. The summed E-state index contributed by atoms with van der Waals surface area (Å²) in [7, 11) is 2.08. The van der Waals surface area contributed by atoms with Gasteiger partial charge in [-0.2, -0.15) is 0 Å². The Bertz CT molecular complexity index is 532. The van der Waals surface area contributed by atoms with Crippen LogP contribution < -0.4 is 5.32 Å². The molecule has 0 radical (unpaired) electrons. The minimum atomic E-state index is 0.653. The summed E-state index contributed by atoms with van der Waals surface area (Å²) in [4.78, 5) is 3.70. The number of nitrogens with one attached hydrogen (secondary N) is 1. The number of fused-ring (bicyclic) bond motifs is 1. The van der Waals surface area contributed by atoms with E-state index in [0.717, 1.165) is 10.9 Å². The highest BCUT2D eigenvalue weighted by Crippen LogP contribution is 2.37. The Morgan fingerprint density at radius 3 is 2.77 bits per heavy atom. The van der Waals surface area contributed by atoms with E-state index < -0.39 is 0 Å². The zero-order valence-corrected chi connectivity index (χ0v) is 14.5. The summed E-state index contributed by atoms with van der Waals surface area (Å²) in [5.74, 6) is 0.653. The molecule has 120 valence electrons. The Morgan fingerprint density at radius 2 is 2.05 bits per heavy atom. The Balaban J connectivity index is 1.54. The zero-order chi connectivity index (χ0) is 15.5. The molecule has 0 aromatic heterocycles. The number of thiol groups is 1. The maximum atomic E-state index is 4.45. The highest BCUT2D eigenvalue weighted by Gasteiger charge is 2.24. The molecule has 1 aromatic rings. The van der Waals surface area contributed by atoms with Crippen molar-refractivity contribution in [2.45, 2.75) is 43.0 Å². The maximum Gasteiger partial charge on any atom is 0.00884 e. The Morgan fingerprint density at radius 1 is 1.27 bits per heavy atom. The van der Waals surface area contributed by atoms with Crippen molar-refractivity contribution >= 4 is 18.2 Å². The molecule has 1 heterocycles. The van der Waals surface area contributed by atoms with Gasteiger partial charge < -0.3 is 10.2 Å². The molecule has 22 heavy (non-hydrogen) atoms. The number of piperidine rings is 1. The SMILES string of the molecule is C=C1c2ccc(S)cc2CCC1CCN1CCC(NC)CC1. The topological polar surface area (TPSA) is 15.3 Å². The zero-order valence-electron chi connectivity index (χ0n) is 13.6. The van der Waals surface area contributed by atoms with E-state index >= 15 is 0 Å². The number of rotatable bonds is 4. The summed E-state index contributed by atoms with van der Waals surface area (Å²) < 4.78 is 0. The van der Waals surface area contributed by atoms with Gasteiger partial charge in [-0.05, 0) is 93.5 Å². The van der Waals surface area contributed by atoms with E-state index in [1.165, 1.54) is 68.4 Å². The fraction of sp³-hybridized carbons (Fsp3) is 0.579. The Labute approximate surface area is 140 Å². The summed E-state index contributed by atoms with van der Waals surface area (Å²) in [6.07, 6.45) is 6.25. The van der Waals surface area contributed by atoms with Crippen LogP contribution in [0.15, 0.2) is 29.7 Å². The van der Waals surface area contributed by atoms with Gasteiger partial charge in [0.05, 0.1) is 0 Å². The molecule has 2 aliphatic rings. The van der Waals surface area contributed by atoms with Crippen LogP contribution in [0.4, 0.5) is 0 Å². The van der Waals surface area contributed by atoms with Crippen LogP contribution in [0, 0.1) is 5.92 Å². The molecule has 1 atom stereocenters. The fourth-order valence-corrected chi connectivity index (χ4v) is 4.16. The lowest BCUT2D eigenvalue weighted by atomic mass is 9.78. The lowest BCUT2D eigenvalue weighted by Crippen LogP contribution is -2.41. The molecule has 1 fully saturated rings. The third kappa shape index (κ3) is 3.58. The second-order valence-corrected chi connectivity index (χ2v) is 7.31. The summed E-state index contributed by atoms with van der Waals surface area (Å²) in [6, 6.07) is 7.24. The van der Waals surface area contributed by atoms with Gasteiger partial charge in [-0.1, -0.05) is 12.6 Å². The van der Waals surface area contributed by atoms with Crippen molar-refractivity contribution < 1.29 is 0 Å². The van der Waals surface area contributed by atoms with Gasteiger partial charge in [0.2, 0.25) is 0 Å². The van der Waals surface area contributed by atoms with Gasteiger partial charge in [0.15, 0.2) is 0 Å². The third-order valence-corrected chi connectivity index (χ3v) is 5.76. The highest BCUT2D eigenvalue weighted by atomic mass is 32.1. The number of hydrogen-bond acceptors (Lipinski definition) is 3. The molecule has 1 N–H and O–H groups in total. The number of aryl methyl sites for hydroxylation is 1. The van der Waals surface area contributed by atoms with Gasteiger partial charge in [-0.15, -0.1) is 12.6 Å². The number of nitrogens with zero attached hydrogens (tertiary/aromatic N) is 1. The molecule has 1 aliphatic heterocycles. The quantitative estimate of drug-likeness (QED) is 0.825. The lowest BCUT2D eigenvalue weighted by molar-refractivity contribution is 0.193. The van der Waals surface area contributed by atoms with Crippen molar-refractivity contribution in [1.82, 2.24) is 10.2 Å². The van der Waals surface area contributed by atoms with Crippen LogP contribution in [0.2, 0.25) is 0 Å². The number of allylic oxidation sites excluding steroid dienone is 1. The van der Waals surface area contributed by atoms with Crippen molar-refractivity contribution in [3.63, 3.8) is 0 Å². The molecule has 3 rings (SSSR count). The maximum absolute atomic E-state index is 4.45. The fourth-order valence-electron chi connectivity index (χ4n) is 3.93. The molecule has 1 saturated heterocycles. The Kier molecular flexibility index (Phi) is 5.27. The van der Waals surface area contributed by atoms with Crippen LogP contribution in [0.25, 0.3) is 5.57 Å². The summed E-state index contributed by atoms with van der Waals surface area (Å²) in [5.41, 5.74) is 4.16.